The van der Waals surface area contributed by atoms with Gasteiger partial charge in [0.2, 0.25) is 6.41 Å². The number of carbonyl (C=O) groups is 1. The highest BCUT2D eigenvalue weighted by Gasteiger charge is 2.09. The van der Waals surface area contributed by atoms with Crippen LogP contribution in [-0.4, -0.2) is 48.8 Å². The van der Waals surface area contributed by atoms with E-state index in [2.05, 4.69) is 0 Å². The molecule has 9 heavy (non-hydrogen) atoms. The van der Waals surface area contributed by atoms with Crippen molar-refractivity contribution in [3.8, 4) is 0 Å². The standard InChI is InChI=1S/C5H12N2O2/c1-6(2)5(9)7(3)4-8/h4-5,9H,1-3H3. The maximum Gasteiger partial charge on any atom is 0.212 e. The van der Waals surface area contributed by atoms with Crippen LogP contribution in [0.5, 0.6) is 0 Å². The zero-order valence-corrected chi connectivity index (χ0v) is 5.90. The third-order valence-corrected chi connectivity index (χ3v) is 0.992. The first-order valence-corrected chi connectivity index (χ1v) is 2.61. The molecule has 1 N–H and O–H groups in total. The predicted octanol–water partition coefficient (Wildman–Crippen LogP) is -1.09. The monoisotopic (exact) mass is 132 g/mol. The number of aliphatic hydroxyl groups is 1. The Bertz CT molecular complexity index is 95.0. The first-order valence-electron chi connectivity index (χ1n) is 2.61. The summed E-state index contributed by atoms with van der Waals surface area (Å²) in [7, 11) is 4.88. The van der Waals surface area contributed by atoms with Gasteiger partial charge in [0.05, 0.1) is 0 Å². The average molecular weight is 132 g/mol. The van der Waals surface area contributed by atoms with Crippen molar-refractivity contribution in [1.29, 1.82) is 0 Å². The molecule has 0 radical (unpaired) electrons. The number of rotatable bonds is 3. The summed E-state index contributed by atoms with van der Waals surface area (Å²) in [5.41, 5.74) is 0. The minimum Gasteiger partial charge on any atom is -0.361 e. The lowest BCUT2D eigenvalue weighted by Gasteiger charge is -2.24. The van der Waals surface area contributed by atoms with E-state index in [0.717, 1.165) is 0 Å². The van der Waals surface area contributed by atoms with Crippen molar-refractivity contribution in [1.82, 2.24) is 9.80 Å². The van der Waals surface area contributed by atoms with Crippen LogP contribution in [-0.2, 0) is 4.79 Å². The van der Waals surface area contributed by atoms with Gasteiger partial charge in [-0.15, -0.1) is 0 Å². The van der Waals surface area contributed by atoms with Gasteiger partial charge in [0.15, 0.2) is 6.35 Å². The van der Waals surface area contributed by atoms with E-state index in [9.17, 15) is 4.79 Å². The molecule has 0 aromatic rings. The molecule has 54 valence electrons. The molecule has 0 saturated carbocycles. The molecule has 4 heteroatoms. The number of carbonyl (C=O) groups excluding carboxylic acids is 1. The second kappa shape index (κ2) is 3.42. The summed E-state index contributed by atoms with van der Waals surface area (Å²) in [4.78, 5) is 12.7. The average Bonchev–Trinajstić information content (AvgIpc) is 1.84. The Morgan fingerprint density at radius 3 is 2.00 bits per heavy atom. The van der Waals surface area contributed by atoms with Gasteiger partial charge in [0.1, 0.15) is 0 Å². The van der Waals surface area contributed by atoms with E-state index < -0.39 is 6.35 Å². The molecule has 0 rings (SSSR count). The van der Waals surface area contributed by atoms with E-state index in [1.165, 1.54) is 16.8 Å². The van der Waals surface area contributed by atoms with Gasteiger partial charge < -0.3 is 10.0 Å². The van der Waals surface area contributed by atoms with Gasteiger partial charge in [-0.2, -0.15) is 0 Å². The summed E-state index contributed by atoms with van der Waals surface area (Å²) in [6.45, 7) is 0. The van der Waals surface area contributed by atoms with Gasteiger partial charge in [-0.05, 0) is 14.1 Å². The van der Waals surface area contributed by atoms with Crippen molar-refractivity contribution in [2.75, 3.05) is 21.1 Å². The molecule has 0 spiro atoms. The topological polar surface area (TPSA) is 43.8 Å². The van der Waals surface area contributed by atoms with E-state index in [1.807, 2.05) is 0 Å². The second-order valence-corrected chi connectivity index (χ2v) is 2.08. The van der Waals surface area contributed by atoms with Crippen LogP contribution in [0.4, 0.5) is 0 Å². The third kappa shape index (κ3) is 2.43. The first-order chi connectivity index (χ1) is 4.09. The van der Waals surface area contributed by atoms with Gasteiger partial charge in [-0.3, -0.25) is 9.69 Å². The molecular formula is C5H12N2O2. The summed E-state index contributed by atoms with van der Waals surface area (Å²) >= 11 is 0. The molecule has 0 aromatic carbocycles. The van der Waals surface area contributed by atoms with Crippen molar-refractivity contribution < 1.29 is 9.90 Å². The van der Waals surface area contributed by atoms with Crippen LogP contribution in [0.25, 0.3) is 0 Å². The van der Waals surface area contributed by atoms with Crippen LogP contribution < -0.4 is 0 Å². The van der Waals surface area contributed by atoms with Gasteiger partial charge in [0, 0.05) is 7.05 Å². The zero-order chi connectivity index (χ0) is 7.44. The van der Waals surface area contributed by atoms with Gasteiger partial charge in [0.25, 0.3) is 0 Å². The smallest absolute Gasteiger partial charge is 0.212 e. The molecule has 0 saturated heterocycles. The lowest BCUT2D eigenvalue weighted by atomic mass is 10.7. The molecule has 1 amide bonds. The van der Waals surface area contributed by atoms with E-state index in [4.69, 9.17) is 5.11 Å². The maximum absolute atomic E-state index is 9.99. The Labute approximate surface area is 54.7 Å². The molecule has 0 bridgehead atoms. The highest BCUT2D eigenvalue weighted by molar-refractivity contribution is 5.46. The lowest BCUT2D eigenvalue weighted by Crippen LogP contribution is -2.41. The van der Waals surface area contributed by atoms with E-state index in [-0.39, 0.29) is 0 Å². The first kappa shape index (κ1) is 8.39. The Hall–Kier alpha value is -0.610. The van der Waals surface area contributed by atoms with Gasteiger partial charge in [-0.25, -0.2) is 0 Å². The quantitative estimate of drug-likeness (QED) is 0.392. The van der Waals surface area contributed by atoms with Gasteiger partial charge in [-0.1, -0.05) is 0 Å². The second-order valence-electron chi connectivity index (χ2n) is 2.08. The summed E-state index contributed by atoms with van der Waals surface area (Å²) in [5, 5.41) is 9.02. The normalized spacial score (nSPS) is 13.4. The van der Waals surface area contributed by atoms with Crippen molar-refractivity contribution >= 4 is 6.41 Å². The van der Waals surface area contributed by atoms with Crippen LogP contribution in [0.2, 0.25) is 0 Å². The summed E-state index contributed by atoms with van der Waals surface area (Å²) < 4.78 is 0. The molecule has 1 unspecified atom stereocenters. The summed E-state index contributed by atoms with van der Waals surface area (Å²) in [6, 6.07) is 0. The van der Waals surface area contributed by atoms with Crippen molar-refractivity contribution in [3.63, 3.8) is 0 Å². The number of nitrogens with zero attached hydrogens (tertiary/aromatic N) is 2. The number of hydrogen-bond donors (Lipinski definition) is 1. The van der Waals surface area contributed by atoms with E-state index >= 15 is 0 Å². The Balaban J connectivity index is 3.71. The van der Waals surface area contributed by atoms with Crippen LogP contribution in [0.1, 0.15) is 0 Å². The molecule has 0 aliphatic rings. The highest BCUT2D eigenvalue weighted by Crippen LogP contribution is 1.89. The fourth-order valence-corrected chi connectivity index (χ4v) is 0.419. The van der Waals surface area contributed by atoms with Crippen LogP contribution in [0, 0.1) is 0 Å². The molecule has 0 aliphatic carbocycles. The summed E-state index contributed by atoms with van der Waals surface area (Å²) in [5.74, 6) is 0. The molecular weight excluding hydrogens is 120 g/mol. The Morgan fingerprint density at radius 2 is 1.89 bits per heavy atom. The van der Waals surface area contributed by atoms with Crippen molar-refractivity contribution in [3.05, 3.63) is 0 Å². The van der Waals surface area contributed by atoms with E-state index in [1.54, 1.807) is 14.1 Å². The molecule has 1 atom stereocenters. The maximum atomic E-state index is 9.99. The van der Waals surface area contributed by atoms with Crippen molar-refractivity contribution in [2.24, 2.45) is 0 Å². The molecule has 0 heterocycles. The highest BCUT2D eigenvalue weighted by atomic mass is 16.3. The number of hydrogen-bond acceptors (Lipinski definition) is 3. The summed E-state index contributed by atoms with van der Waals surface area (Å²) in [6.07, 6.45) is -0.243. The minimum absolute atomic E-state index is 0.574. The number of aliphatic hydroxyl groups excluding tert-OH is 1. The van der Waals surface area contributed by atoms with Gasteiger partial charge >= 0.3 is 0 Å². The zero-order valence-electron chi connectivity index (χ0n) is 5.90. The fourth-order valence-electron chi connectivity index (χ4n) is 0.419. The van der Waals surface area contributed by atoms with Crippen LogP contribution >= 0.6 is 0 Å². The lowest BCUT2D eigenvalue weighted by molar-refractivity contribution is -0.136. The predicted molar refractivity (Wildman–Crippen MR) is 33.5 cm³/mol. The third-order valence-electron chi connectivity index (χ3n) is 0.992. The fraction of sp³-hybridized carbons (Fsp3) is 0.800. The SMILES string of the molecule is CN(C)C(O)N(C)C=O. The van der Waals surface area contributed by atoms with Crippen LogP contribution in [0.15, 0.2) is 0 Å². The molecule has 0 aliphatic heterocycles. The largest absolute Gasteiger partial charge is 0.361 e. The Kier molecular flexibility index (Phi) is 3.19. The molecule has 0 aromatic heterocycles. The minimum atomic E-state index is -0.817. The van der Waals surface area contributed by atoms with E-state index in [0.29, 0.717) is 6.41 Å². The van der Waals surface area contributed by atoms with Crippen LogP contribution in [0.3, 0.4) is 0 Å². The Morgan fingerprint density at radius 1 is 1.44 bits per heavy atom. The molecule has 0 fully saturated rings. The number of amides is 1. The molecule has 4 nitrogen and oxygen atoms in total. The van der Waals surface area contributed by atoms with Crippen molar-refractivity contribution in [2.45, 2.75) is 6.35 Å².